The molecule has 1 atom stereocenters. The molecule has 10 heteroatoms. The monoisotopic (exact) mass is 420 g/mol. The molecule has 0 saturated carbocycles. The summed E-state index contributed by atoms with van der Waals surface area (Å²) in [6, 6.07) is 7.35. The van der Waals surface area contributed by atoms with Gasteiger partial charge < -0.3 is 14.7 Å². The fourth-order valence-electron chi connectivity index (χ4n) is 2.58. The molecule has 0 spiro atoms. The van der Waals surface area contributed by atoms with Crippen molar-refractivity contribution in [2.24, 2.45) is 11.1 Å². The lowest BCUT2D eigenvalue weighted by molar-refractivity contribution is -0.142. The second-order valence-corrected chi connectivity index (χ2v) is 6.50. The van der Waals surface area contributed by atoms with Crippen LogP contribution in [0.2, 0.25) is 10.0 Å². The Morgan fingerprint density at radius 3 is 2.52 bits per heavy atom. The fourth-order valence-corrected chi connectivity index (χ4v) is 3.17. The van der Waals surface area contributed by atoms with Crippen LogP contribution in [0.5, 0.6) is 5.88 Å². The number of nitrogens with zero attached hydrogens (tertiary/aromatic N) is 2. The average molecular weight is 421 g/mol. The van der Waals surface area contributed by atoms with E-state index in [1.54, 1.807) is 18.2 Å². The van der Waals surface area contributed by atoms with Crippen LogP contribution in [-0.2, 0) is 17.6 Å². The Hall–Kier alpha value is -2.03. The van der Waals surface area contributed by atoms with Crippen LogP contribution in [0.4, 0.5) is 13.2 Å². The number of hydrogen-bond acceptors (Lipinski definition) is 5. The molecule has 0 amide bonds. The molecule has 0 aliphatic carbocycles. The molecule has 0 bridgehead atoms. The standard InChI is InChI=1S/C17H13Cl2F3N2O3/c18-11-2-1-3-12(19)14(11)15-10(8-27-24-15)7-26-13-5-4-9(6-25)16(23-13)17(20,21)22/h1-5,10,25H,6-8H2. The van der Waals surface area contributed by atoms with Gasteiger partial charge in [0.1, 0.15) is 13.2 Å². The number of hydrogen-bond donors (Lipinski definition) is 1. The Morgan fingerprint density at radius 1 is 1.19 bits per heavy atom. The quantitative estimate of drug-likeness (QED) is 0.781. The van der Waals surface area contributed by atoms with E-state index in [2.05, 4.69) is 10.1 Å². The molecule has 1 aliphatic heterocycles. The number of halogens is 5. The van der Waals surface area contributed by atoms with E-state index in [-0.39, 0.29) is 24.7 Å². The fraction of sp³-hybridized carbons (Fsp3) is 0.294. The minimum absolute atomic E-state index is 0.0385. The number of alkyl halides is 3. The summed E-state index contributed by atoms with van der Waals surface area (Å²) >= 11 is 12.3. The van der Waals surface area contributed by atoms with Crippen LogP contribution in [0.25, 0.3) is 0 Å². The van der Waals surface area contributed by atoms with Crippen LogP contribution >= 0.6 is 23.2 Å². The molecule has 144 valence electrons. The summed E-state index contributed by atoms with van der Waals surface area (Å²) in [6.45, 7) is -0.651. The zero-order valence-electron chi connectivity index (χ0n) is 13.6. The molecular formula is C17H13Cl2F3N2O3. The lowest BCUT2D eigenvalue weighted by Gasteiger charge is -2.15. The van der Waals surface area contributed by atoms with Crippen LogP contribution in [0, 0.1) is 5.92 Å². The summed E-state index contributed by atoms with van der Waals surface area (Å²) in [5.74, 6) is -0.618. The molecule has 1 unspecified atom stereocenters. The summed E-state index contributed by atoms with van der Waals surface area (Å²) in [5, 5.41) is 13.7. The first-order valence-corrected chi connectivity index (χ1v) is 8.52. The van der Waals surface area contributed by atoms with Gasteiger partial charge in [0.05, 0.1) is 28.3 Å². The highest BCUT2D eigenvalue weighted by Gasteiger charge is 2.36. The number of pyridine rings is 1. The molecule has 1 aliphatic rings. The first-order chi connectivity index (χ1) is 12.8. The first-order valence-electron chi connectivity index (χ1n) is 7.76. The van der Waals surface area contributed by atoms with Gasteiger partial charge in [0, 0.05) is 17.2 Å². The highest BCUT2D eigenvalue weighted by molar-refractivity contribution is 6.40. The molecule has 0 saturated heterocycles. The highest BCUT2D eigenvalue weighted by Crippen LogP contribution is 2.33. The van der Waals surface area contributed by atoms with Gasteiger partial charge in [-0.05, 0) is 18.2 Å². The summed E-state index contributed by atoms with van der Waals surface area (Å²) in [5.41, 5.74) is -0.572. The Kier molecular flexibility index (Phi) is 5.78. The number of aliphatic hydroxyl groups is 1. The molecule has 1 N–H and O–H groups in total. The number of aliphatic hydroxyl groups excluding tert-OH is 1. The first kappa shape index (κ1) is 19.7. The number of aromatic nitrogens is 1. The van der Waals surface area contributed by atoms with Gasteiger partial charge in [-0.3, -0.25) is 0 Å². The maximum absolute atomic E-state index is 13.0. The molecular weight excluding hydrogens is 408 g/mol. The third-order valence-electron chi connectivity index (χ3n) is 3.87. The van der Waals surface area contributed by atoms with Crippen molar-refractivity contribution in [3.63, 3.8) is 0 Å². The lowest BCUT2D eigenvalue weighted by atomic mass is 9.98. The smallest absolute Gasteiger partial charge is 0.433 e. The average Bonchev–Trinajstić information content (AvgIpc) is 3.07. The largest absolute Gasteiger partial charge is 0.477 e. The van der Waals surface area contributed by atoms with Crippen molar-refractivity contribution in [3.8, 4) is 5.88 Å². The normalized spacial score (nSPS) is 16.8. The topological polar surface area (TPSA) is 63.9 Å². The van der Waals surface area contributed by atoms with Crippen molar-refractivity contribution in [1.29, 1.82) is 0 Å². The van der Waals surface area contributed by atoms with Crippen molar-refractivity contribution in [1.82, 2.24) is 4.98 Å². The summed E-state index contributed by atoms with van der Waals surface area (Å²) in [6.07, 6.45) is -4.70. The zero-order chi connectivity index (χ0) is 19.6. The molecule has 2 heterocycles. The van der Waals surface area contributed by atoms with Gasteiger partial charge in [0.2, 0.25) is 5.88 Å². The van der Waals surface area contributed by atoms with E-state index >= 15 is 0 Å². The van der Waals surface area contributed by atoms with Gasteiger partial charge in [0.15, 0.2) is 5.69 Å². The van der Waals surface area contributed by atoms with E-state index in [1.807, 2.05) is 0 Å². The van der Waals surface area contributed by atoms with Crippen LogP contribution in [-0.4, -0.2) is 29.0 Å². The maximum atomic E-state index is 13.0. The lowest BCUT2D eigenvalue weighted by Crippen LogP contribution is -2.23. The molecule has 3 rings (SSSR count). The highest BCUT2D eigenvalue weighted by atomic mass is 35.5. The van der Waals surface area contributed by atoms with Crippen molar-refractivity contribution in [2.75, 3.05) is 13.2 Å². The van der Waals surface area contributed by atoms with Gasteiger partial charge in [0.25, 0.3) is 0 Å². The Balaban J connectivity index is 1.78. The molecule has 0 radical (unpaired) electrons. The van der Waals surface area contributed by atoms with Crippen molar-refractivity contribution < 1.29 is 27.9 Å². The van der Waals surface area contributed by atoms with Gasteiger partial charge in [-0.25, -0.2) is 4.98 Å². The molecule has 1 aromatic heterocycles. The van der Waals surface area contributed by atoms with Crippen LogP contribution in [0.15, 0.2) is 35.5 Å². The summed E-state index contributed by atoms with van der Waals surface area (Å²) in [7, 11) is 0. The second-order valence-electron chi connectivity index (χ2n) is 5.69. The summed E-state index contributed by atoms with van der Waals surface area (Å²) < 4.78 is 44.5. The Labute approximate surface area is 162 Å². The molecule has 2 aromatic rings. The summed E-state index contributed by atoms with van der Waals surface area (Å²) in [4.78, 5) is 8.56. The van der Waals surface area contributed by atoms with E-state index in [0.29, 0.717) is 21.3 Å². The second kappa shape index (κ2) is 7.92. The van der Waals surface area contributed by atoms with Crippen molar-refractivity contribution in [2.45, 2.75) is 12.8 Å². The predicted octanol–water partition coefficient (Wildman–Crippen LogP) is 4.33. The van der Waals surface area contributed by atoms with Gasteiger partial charge >= 0.3 is 6.18 Å². The molecule has 0 fully saturated rings. The van der Waals surface area contributed by atoms with Crippen LogP contribution < -0.4 is 4.74 Å². The maximum Gasteiger partial charge on any atom is 0.433 e. The third-order valence-corrected chi connectivity index (χ3v) is 4.50. The predicted molar refractivity (Wildman–Crippen MR) is 93.1 cm³/mol. The van der Waals surface area contributed by atoms with E-state index in [9.17, 15) is 13.2 Å². The van der Waals surface area contributed by atoms with Crippen LogP contribution in [0.1, 0.15) is 16.8 Å². The van der Waals surface area contributed by atoms with E-state index in [0.717, 1.165) is 6.07 Å². The van der Waals surface area contributed by atoms with Gasteiger partial charge in [-0.15, -0.1) is 0 Å². The number of benzene rings is 1. The number of ether oxygens (including phenoxy) is 1. The minimum Gasteiger partial charge on any atom is -0.477 e. The van der Waals surface area contributed by atoms with Crippen molar-refractivity contribution in [3.05, 3.63) is 57.2 Å². The Morgan fingerprint density at radius 2 is 1.89 bits per heavy atom. The van der Waals surface area contributed by atoms with E-state index < -0.39 is 24.4 Å². The molecule has 1 aromatic carbocycles. The number of rotatable bonds is 5. The minimum atomic E-state index is -4.70. The SMILES string of the molecule is OCc1ccc(OCC2CON=C2c2c(Cl)cccc2Cl)nc1C(F)(F)F. The van der Waals surface area contributed by atoms with E-state index in [4.69, 9.17) is 37.9 Å². The van der Waals surface area contributed by atoms with E-state index in [1.165, 1.54) is 6.07 Å². The third kappa shape index (κ3) is 4.28. The van der Waals surface area contributed by atoms with Crippen molar-refractivity contribution >= 4 is 28.9 Å². The number of oxime groups is 1. The van der Waals surface area contributed by atoms with Gasteiger partial charge in [-0.2, -0.15) is 13.2 Å². The van der Waals surface area contributed by atoms with Gasteiger partial charge in [-0.1, -0.05) is 34.4 Å². The van der Waals surface area contributed by atoms with Crippen LogP contribution in [0.3, 0.4) is 0 Å². The zero-order valence-corrected chi connectivity index (χ0v) is 15.1. The molecule has 27 heavy (non-hydrogen) atoms. The molecule has 5 nitrogen and oxygen atoms in total. The Bertz CT molecular complexity index is 855.